The van der Waals surface area contributed by atoms with Crippen LogP contribution in [0.25, 0.3) is 0 Å². The molecule has 0 bridgehead atoms. The lowest BCUT2D eigenvalue weighted by Crippen LogP contribution is -2.46. The fourth-order valence-corrected chi connectivity index (χ4v) is 3.30. The van der Waals surface area contributed by atoms with E-state index >= 15 is 0 Å². The molecular weight excluding hydrogens is 352 g/mol. The minimum Gasteiger partial charge on any atom is -0.481 e. The minimum atomic E-state index is -1.17. The number of aliphatic carboxylic acids is 1. The van der Waals surface area contributed by atoms with Crippen molar-refractivity contribution >= 4 is 29.1 Å². The van der Waals surface area contributed by atoms with Crippen LogP contribution in [-0.2, 0) is 15.0 Å². The number of carbonyl (C=O) groups excluding carboxylic acids is 2. The Morgan fingerprint density at radius 3 is 2.42 bits per heavy atom. The normalized spacial score (nSPS) is 12.8. The second kappa shape index (κ2) is 9.15. The molecule has 6 nitrogen and oxygen atoms in total. The average molecular weight is 374 g/mol. The molecule has 0 saturated carbocycles. The summed E-state index contributed by atoms with van der Waals surface area (Å²) >= 11 is 1.43. The highest BCUT2D eigenvalue weighted by atomic mass is 32.1. The highest BCUT2D eigenvalue weighted by Gasteiger charge is 2.38. The number of carboxylic acids is 1. The van der Waals surface area contributed by atoms with E-state index in [4.69, 9.17) is 0 Å². The molecular formula is C19H22N2O4S. The summed E-state index contributed by atoms with van der Waals surface area (Å²) in [5.74, 6) is -1.50. The van der Waals surface area contributed by atoms with Crippen molar-refractivity contribution in [3.8, 4) is 0 Å². The largest absolute Gasteiger partial charge is 0.481 e. The molecule has 0 spiro atoms. The molecule has 0 aliphatic carbocycles. The Kier molecular flexibility index (Phi) is 6.91. The van der Waals surface area contributed by atoms with Crippen LogP contribution in [0.2, 0.25) is 0 Å². The first-order valence-corrected chi connectivity index (χ1v) is 9.30. The lowest BCUT2D eigenvalue weighted by molar-refractivity contribution is -0.144. The van der Waals surface area contributed by atoms with E-state index in [2.05, 4.69) is 10.6 Å². The number of hydrogen-bond acceptors (Lipinski definition) is 4. The van der Waals surface area contributed by atoms with Gasteiger partial charge in [-0.05, 0) is 23.4 Å². The maximum absolute atomic E-state index is 12.1. The van der Waals surface area contributed by atoms with Crippen molar-refractivity contribution in [3.05, 3.63) is 58.3 Å². The smallest absolute Gasteiger partial charge is 0.315 e. The molecule has 1 atom stereocenters. The fourth-order valence-electron chi connectivity index (χ4n) is 2.66. The molecule has 0 fully saturated rings. The number of hydrogen-bond donors (Lipinski definition) is 3. The zero-order chi connectivity index (χ0) is 19.0. The quantitative estimate of drug-likeness (QED) is 0.628. The summed E-state index contributed by atoms with van der Waals surface area (Å²) in [6.07, 6.45) is 0.436. The fraction of sp³-hybridized carbons (Fsp3) is 0.316. The number of thiophene rings is 1. The van der Waals surface area contributed by atoms with E-state index in [-0.39, 0.29) is 31.3 Å². The molecule has 2 rings (SSSR count). The lowest BCUT2D eigenvalue weighted by atomic mass is 9.78. The van der Waals surface area contributed by atoms with Crippen molar-refractivity contribution in [2.45, 2.75) is 25.2 Å². The first kappa shape index (κ1) is 19.7. The second-order valence-electron chi connectivity index (χ2n) is 5.90. The van der Waals surface area contributed by atoms with E-state index in [1.54, 1.807) is 48.0 Å². The van der Waals surface area contributed by atoms with E-state index < -0.39 is 11.4 Å². The Hall–Kier alpha value is -2.67. The van der Waals surface area contributed by atoms with Crippen LogP contribution < -0.4 is 10.6 Å². The van der Waals surface area contributed by atoms with Crippen molar-refractivity contribution in [2.75, 3.05) is 13.1 Å². The Balaban J connectivity index is 1.89. The SMILES string of the molecule is CCC(CNC(=O)CCNC(=O)c1ccsc1)(C(=O)O)c1ccccc1. The third-order valence-electron chi connectivity index (χ3n) is 4.35. The number of carbonyl (C=O) groups is 3. The van der Waals surface area contributed by atoms with Crippen molar-refractivity contribution in [1.82, 2.24) is 10.6 Å². The van der Waals surface area contributed by atoms with Gasteiger partial charge in [0.2, 0.25) is 5.91 Å². The summed E-state index contributed by atoms with van der Waals surface area (Å²) in [6, 6.07) is 10.6. The van der Waals surface area contributed by atoms with Crippen molar-refractivity contribution < 1.29 is 19.5 Å². The van der Waals surface area contributed by atoms with Gasteiger partial charge in [0, 0.05) is 30.5 Å². The zero-order valence-electron chi connectivity index (χ0n) is 14.5. The summed E-state index contributed by atoms with van der Waals surface area (Å²) in [5.41, 5.74) is 0.0491. The van der Waals surface area contributed by atoms with Crippen molar-refractivity contribution in [2.24, 2.45) is 0 Å². The zero-order valence-corrected chi connectivity index (χ0v) is 15.3. The highest BCUT2D eigenvalue weighted by Crippen LogP contribution is 2.27. The van der Waals surface area contributed by atoms with E-state index in [1.165, 1.54) is 11.3 Å². The van der Waals surface area contributed by atoms with Gasteiger partial charge in [-0.1, -0.05) is 37.3 Å². The van der Waals surface area contributed by atoms with E-state index in [0.717, 1.165) is 0 Å². The summed E-state index contributed by atoms with van der Waals surface area (Å²) < 4.78 is 0. The van der Waals surface area contributed by atoms with Gasteiger partial charge in [0.25, 0.3) is 5.91 Å². The number of rotatable bonds is 9. The maximum atomic E-state index is 12.1. The first-order valence-electron chi connectivity index (χ1n) is 8.35. The molecule has 1 heterocycles. The van der Waals surface area contributed by atoms with Crippen LogP contribution >= 0.6 is 11.3 Å². The van der Waals surface area contributed by atoms with Crippen molar-refractivity contribution in [1.29, 1.82) is 0 Å². The van der Waals surface area contributed by atoms with Crippen LogP contribution in [0.1, 0.15) is 35.7 Å². The summed E-state index contributed by atoms with van der Waals surface area (Å²) in [6.45, 7) is 1.98. The summed E-state index contributed by atoms with van der Waals surface area (Å²) in [5, 5.41) is 18.6. The molecule has 2 amide bonds. The van der Waals surface area contributed by atoms with Gasteiger partial charge in [0.05, 0.1) is 0 Å². The van der Waals surface area contributed by atoms with Crippen LogP contribution in [0.15, 0.2) is 47.2 Å². The number of carboxylic acid groups (broad SMARTS) is 1. The van der Waals surface area contributed by atoms with Gasteiger partial charge >= 0.3 is 5.97 Å². The molecule has 0 aliphatic heterocycles. The van der Waals surface area contributed by atoms with Gasteiger partial charge in [-0.15, -0.1) is 0 Å². The van der Waals surface area contributed by atoms with Crippen LogP contribution in [0.5, 0.6) is 0 Å². The lowest BCUT2D eigenvalue weighted by Gasteiger charge is -2.29. The molecule has 138 valence electrons. The number of nitrogens with one attached hydrogen (secondary N) is 2. The Morgan fingerprint density at radius 2 is 1.85 bits per heavy atom. The second-order valence-corrected chi connectivity index (χ2v) is 6.68. The Morgan fingerprint density at radius 1 is 1.12 bits per heavy atom. The summed E-state index contributed by atoms with van der Waals surface area (Å²) in [7, 11) is 0. The van der Waals surface area contributed by atoms with E-state index in [9.17, 15) is 19.5 Å². The minimum absolute atomic E-state index is 0.000156. The molecule has 2 aromatic rings. The van der Waals surface area contributed by atoms with Gasteiger partial charge in [0.1, 0.15) is 5.41 Å². The molecule has 0 saturated heterocycles. The molecule has 1 aromatic carbocycles. The van der Waals surface area contributed by atoms with Crippen molar-refractivity contribution in [3.63, 3.8) is 0 Å². The maximum Gasteiger partial charge on any atom is 0.315 e. The molecule has 7 heteroatoms. The van der Waals surface area contributed by atoms with Crippen LogP contribution in [0, 0.1) is 0 Å². The van der Waals surface area contributed by atoms with Crippen LogP contribution in [0.3, 0.4) is 0 Å². The topological polar surface area (TPSA) is 95.5 Å². The first-order chi connectivity index (χ1) is 12.5. The number of amides is 2. The molecule has 26 heavy (non-hydrogen) atoms. The summed E-state index contributed by atoms with van der Waals surface area (Å²) in [4.78, 5) is 35.8. The van der Waals surface area contributed by atoms with Gasteiger partial charge in [-0.3, -0.25) is 14.4 Å². The van der Waals surface area contributed by atoms with Gasteiger partial charge < -0.3 is 15.7 Å². The predicted octanol–water partition coefficient (Wildman–Crippen LogP) is 2.42. The van der Waals surface area contributed by atoms with Gasteiger partial charge in [-0.25, -0.2) is 0 Å². The molecule has 0 aliphatic rings. The average Bonchev–Trinajstić information content (AvgIpc) is 3.18. The predicted molar refractivity (Wildman–Crippen MR) is 100 cm³/mol. The Labute approximate surface area is 156 Å². The van der Waals surface area contributed by atoms with E-state index in [1.807, 2.05) is 6.07 Å². The third-order valence-corrected chi connectivity index (χ3v) is 5.03. The van der Waals surface area contributed by atoms with E-state index in [0.29, 0.717) is 17.5 Å². The van der Waals surface area contributed by atoms with Gasteiger partial charge in [0.15, 0.2) is 0 Å². The third kappa shape index (κ3) is 4.70. The molecule has 1 aromatic heterocycles. The molecule has 3 N–H and O–H groups in total. The molecule has 0 radical (unpaired) electrons. The molecule has 1 unspecified atom stereocenters. The highest BCUT2D eigenvalue weighted by molar-refractivity contribution is 7.08. The number of benzene rings is 1. The monoisotopic (exact) mass is 374 g/mol. The van der Waals surface area contributed by atoms with Gasteiger partial charge in [-0.2, -0.15) is 11.3 Å². The Bertz CT molecular complexity index is 746. The van der Waals surface area contributed by atoms with Crippen LogP contribution in [0.4, 0.5) is 0 Å². The van der Waals surface area contributed by atoms with Crippen LogP contribution in [-0.4, -0.2) is 36.0 Å². The standard InChI is InChI=1S/C19H22N2O4S/c1-2-19(18(24)25,15-6-4-3-5-7-15)13-21-16(22)8-10-20-17(23)14-9-11-26-12-14/h3-7,9,11-12H,2,8,10,13H2,1H3,(H,20,23)(H,21,22)(H,24,25).